The van der Waals surface area contributed by atoms with Gasteiger partial charge in [-0.3, -0.25) is 18.8 Å². The summed E-state index contributed by atoms with van der Waals surface area (Å²) in [6.07, 6.45) is 0. The van der Waals surface area contributed by atoms with Crippen molar-refractivity contribution in [3.05, 3.63) is 104 Å². The molecule has 1 aromatic heterocycles. The topological polar surface area (TPSA) is 47.2 Å². The predicted molar refractivity (Wildman–Crippen MR) is 103 cm³/mol. The number of hydrogen-bond acceptors (Lipinski definition) is 3. The first-order chi connectivity index (χ1) is 12.5. The van der Waals surface area contributed by atoms with Crippen LogP contribution in [0, 0.1) is 0 Å². The van der Waals surface area contributed by atoms with Gasteiger partial charge in [0.2, 0.25) is 0 Å². The average molecular weight is 349 g/mol. The van der Waals surface area contributed by atoms with Crippen LogP contribution in [0.1, 0.15) is 22.9 Å². The Bertz CT molecular complexity index is 952. The monoisotopic (exact) mass is 349 g/mol. The highest BCUT2D eigenvalue weighted by atomic mass is 16.2. The van der Waals surface area contributed by atoms with Gasteiger partial charge in [0.05, 0.1) is 6.04 Å². The van der Waals surface area contributed by atoms with Crippen LogP contribution in [-0.4, -0.2) is 21.1 Å². The van der Waals surface area contributed by atoms with E-state index in [1.807, 2.05) is 43.4 Å². The van der Waals surface area contributed by atoms with Crippen LogP contribution in [0.15, 0.2) is 76.3 Å². The van der Waals surface area contributed by atoms with Crippen LogP contribution >= 0.6 is 0 Å². The van der Waals surface area contributed by atoms with Crippen molar-refractivity contribution < 1.29 is 0 Å². The molecule has 5 heteroatoms. The van der Waals surface area contributed by atoms with Gasteiger partial charge in [0.1, 0.15) is 0 Å². The Hall–Kier alpha value is -2.92. The molecule has 3 rings (SSSR count). The normalized spacial score (nSPS) is 11.3. The molecule has 0 radical (unpaired) electrons. The molecular formula is C21H23N3O2. The molecule has 0 aliphatic rings. The highest BCUT2D eigenvalue weighted by molar-refractivity contribution is 5.31. The van der Waals surface area contributed by atoms with E-state index in [1.165, 1.54) is 17.7 Å². The van der Waals surface area contributed by atoms with Crippen LogP contribution in [0.5, 0.6) is 0 Å². The molecule has 0 amide bonds. The molecule has 26 heavy (non-hydrogen) atoms. The van der Waals surface area contributed by atoms with E-state index in [0.717, 1.165) is 15.7 Å². The van der Waals surface area contributed by atoms with E-state index in [-0.39, 0.29) is 17.3 Å². The van der Waals surface area contributed by atoms with Crippen molar-refractivity contribution in [1.82, 2.24) is 14.0 Å². The fourth-order valence-electron chi connectivity index (χ4n) is 3.25. The first kappa shape index (κ1) is 17.9. The van der Waals surface area contributed by atoms with Crippen molar-refractivity contribution in [3.8, 4) is 0 Å². The lowest BCUT2D eigenvalue weighted by atomic mass is 9.97. The SMILES string of the molecule is CN(Cc1cc(=O)n(C)c(=O)n1C)C(c1ccccc1)c1ccccc1. The predicted octanol–water partition coefficient (Wildman–Crippen LogP) is 2.31. The summed E-state index contributed by atoms with van der Waals surface area (Å²) in [7, 11) is 5.20. The lowest BCUT2D eigenvalue weighted by molar-refractivity contribution is 0.262. The smallest absolute Gasteiger partial charge is 0.299 e. The maximum Gasteiger partial charge on any atom is 0.330 e. The lowest BCUT2D eigenvalue weighted by Gasteiger charge is -2.29. The van der Waals surface area contributed by atoms with Gasteiger partial charge in [-0.05, 0) is 18.2 Å². The van der Waals surface area contributed by atoms with Crippen molar-refractivity contribution in [2.24, 2.45) is 14.1 Å². The van der Waals surface area contributed by atoms with Crippen molar-refractivity contribution >= 4 is 0 Å². The van der Waals surface area contributed by atoms with Crippen molar-refractivity contribution in [2.75, 3.05) is 7.05 Å². The van der Waals surface area contributed by atoms with Crippen LogP contribution in [0.2, 0.25) is 0 Å². The molecule has 0 spiro atoms. The summed E-state index contributed by atoms with van der Waals surface area (Å²) in [4.78, 5) is 26.4. The Morgan fingerprint density at radius 1 is 0.846 bits per heavy atom. The Morgan fingerprint density at radius 3 is 1.85 bits per heavy atom. The molecule has 3 aromatic rings. The van der Waals surface area contributed by atoms with E-state index in [1.54, 1.807) is 7.05 Å². The molecule has 0 aliphatic carbocycles. The van der Waals surface area contributed by atoms with Crippen LogP contribution in [0.4, 0.5) is 0 Å². The van der Waals surface area contributed by atoms with Gasteiger partial charge in [0.15, 0.2) is 0 Å². The number of hydrogen-bond donors (Lipinski definition) is 0. The fraction of sp³-hybridized carbons (Fsp3) is 0.238. The summed E-state index contributed by atoms with van der Waals surface area (Å²) in [5, 5.41) is 0. The molecule has 5 nitrogen and oxygen atoms in total. The Morgan fingerprint density at radius 2 is 1.35 bits per heavy atom. The minimum Gasteiger partial charge on any atom is -0.299 e. The summed E-state index contributed by atoms with van der Waals surface area (Å²) >= 11 is 0. The van der Waals surface area contributed by atoms with Gasteiger partial charge in [0, 0.05) is 32.4 Å². The first-order valence-electron chi connectivity index (χ1n) is 8.55. The van der Waals surface area contributed by atoms with Gasteiger partial charge >= 0.3 is 5.69 Å². The lowest BCUT2D eigenvalue weighted by Crippen LogP contribution is -2.39. The molecule has 2 aromatic carbocycles. The van der Waals surface area contributed by atoms with E-state index < -0.39 is 0 Å². The third-order valence-corrected chi connectivity index (χ3v) is 4.71. The number of aromatic nitrogens is 2. The van der Waals surface area contributed by atoms with Crippen molar-refractivity contribution in [3.63, 3.8) is 0 Å². The van der Waals surface area contributed by atoms with Crippen LogP contribution in [0.25, 0.3) is 0 Å². The summed E-state index contributed by atoms with van der Waals surface area (Å²) in [6, 6.07) is 22.0. The Labute approximate surface area is 152 Å². The molecule has 0 atom stereocenters. The minimum atomic E-state index is -0.308. The Kier molecular flexibility index (Phi) is 5.19. The molecule has 134 valence electrons. The van der Waals surface area contributed by atoms with Crippen molar-refractivity contribution in [1.29, 1.82) is 0 Å². The molecule has 0 aliphatic heterocycles. The third-order valence-electron chi connectivity index (χ3n) is 4.71. The number of benzene rings is 2. The average Bonchev–Trinajstić information content (AvgIpc) is 2.66. The summed E-state index contributed by atoms with van der Waals surface area (Å²) in [5.74, 6) is 0. The van der Waals surface area contributed by atoms with Crippen LogP contribution < -0.4 is 11.2 Å². The summed E-state index contributed by atoms with van der Waals surface area (Å²) < 4.78 is 2.65. The van der Waals surface area contributed by atoms with E-state index in [2.05, 4.69) is 29.2 Å². The second-order valence-corrected chi connectivity index (χ2v) is 6.51. The van der Waals surface area contributed by atoms with Crippen LogP contribution in [0.3, 0.4) is 0 Å². The molecule has 1 heterocycles. The van der Waals surface area contributed by atoms with Gasteiger partial charge in [0.25, 0.3) is 5.56 Å². The number of rotatable bonds is 5. The van der Waals surface area contributed by atoms with Crippen molar-refractivity contribution in [2.45, 2.75) is 12.6 Å². The first-order valence-corrected chi connectivity index (χ1v) is 8.55. The minimum absolute atomic E-state index is 0.0246. The van der Waals surface area contributed by atoms with Gasteiger partial charge in [-0.1, -0.05) is 60.7 Å². The molecule has 0 N–H and O–H groups in total. The number of nitrogens with zero attached hydrogens (tertiary/aromatic N) is 3. The van der Waals surface area contributed by atoms with Gasteiger partial charge in [-0.25, -0.2) is 4.79 Å². The summed E-state index contributed by atoms with van der Waals surface area (Å²) in [5.41, 5.74) is 2.42. The maximum absolute atomic E-state index is 12.2. The van der Waals surface area contributed by atoms with E-state index in [9.17, 15) is 9.59 Å². The van der Waals surface area contributed by atoms with Gasteiger partial charge in [-0.15, -0.1) is 0 Å². The molecule has 0 saturated heterocycles. The van der Waals surface area contributed by atoms with Gasteiger partial charge < -0.3 is 0 Å². The van der Waals surface area contributed by atoms with E-state index in [4.69, 9.17) is 0 Å². The zero-order chi connectivity index (χ0) is 18.7. The van der Waals surface area contributed by atoms with Gasteiger partial charge in [-0.2, -0.15) is 0 Å². The standard InChI is InChI=1S/C21H23N3O2/c1-22(15-18-14-19(25)24(3)21(26)23(18)2)20(16-10-6-4-7-11-16)17-12-8-5-9-13-17/h4-14,20H,15H2,1-3H3. The fourth-order valence-corrected chi connectivity index (χ4v) is 3.25. The largest absolute Gasteiger partial charge is 0.330 e. The molecule has 0 fully saturated rings. The molecular weight excluding hydrogens is 326 g/mol. The zero-order valence-electron chi connectivity index (χ0n) is 15.3. The van der Waals surface area contributed by atoms with E-state index >= 15 is 0 Å². The zero-order valence-corrected chi connectivity index (χ0v) is 15.3. The quantitative estimate of drug-likeness (QED) is 0.710. The molecule has 0 saturated carbocycles. The molecule has 0 bridgehead atoms. The van der Waals surface area contributed by atoms with Crippen LogP contribution in [-0.2, 0) is 20.6 Å². The molecule has 0 unspecified atom stereocenters. The third kappa shape index (κ3) is 3.53. The van der Waals surface area contributed by atoms with E-state index in [0.29, 0.717) is 12.2 Å². The second-order valence-electron chi connectivity index (χ2n) is 6.51. The Balaban J connectivity index is 2.01. The summed E-state index contributed by atoms with van der Waals surface area (Å²) in [6.45, 7) is 0.482. The second kappa shape index (κ2) is 7.54. The maximum atomic E-state index is 12.2. The highest BCUT2D eigenvalue weighted by Crippen LogP contribution is 2.28. The highest BCUT2D eigenvalue weighted by Gasteiger charge is 2.20.